The van der Waals surface area contributed by atoms with Gasteiger partial charge in [0.25, 0.3) is 0 Å². The number of unbranched alkanes of at least 4 members (excludes halogenated alkanes) is 1. The smallest absolute Gasteiger partial charge is 0.244 e. The molecular weight excluding hydrogens is 284 g/mol. The third-order valence-electron chi connectivity index (χ3n) is 2.71. The van der Waals surface area contributed by atoms with Gasteiger partial charge >= 0.3 is 0 Å². The largest absolute Gasteiger partial charge is 0.369 e. The highest BCUT2D eigenvalue weighted by molar-refractivity contribution is 7.89. The number of hydrogen-bond acceptors (Lipinski definition) is 4. The Morgan fingerprint density at radius 2 is 2.05 bits per heavy atom. The average Bonchev–Trinajstić information content (AvgIpc) is 2.63. The van der Waals surface area contributed by atoms with Crippen LogP contribution in [0.1, 0.15) is 29.5 Å². The molecule has 1 rings (SSSR count). The second-order valence-corrected chi connectivity index (χ2v) is 7.80. The van der Waals surface area contributed by atoms with Gasteiger partial charge in [0.05, 0.1) is 11.4 Å². The minimum absolute atomic E-state index is 0.267. The van der Waals surface area contributed by atoms with Crippen molar-refractivity contribution in [3.8, 4) is 0 Å². The number of primary amides is 1. The van der Waals surface area contributed by atoms with Crippen LogP contribution in [0.5, 0.6) is 0 Å². The number of rotatable bonds is 7. The van der Waals surface area contributed by atoms with Crippen LogP contribution in [0.4, 0.5) is 0 Å². The molecule has 0 spiro atoms. The predicted molar refractivity (Wildman–Crippen MR) is 76.7 cm³/mol. The minimum Gasteiger partial charge on any atom is -0.369 e. The van der Waals surface area contributed by atoms with Crippen LogP contribution in [0.15, 0.2) is 11.0 Å². The van der Waals surface area contributed by atoms with Crippen LogP contribution in [0.25, 0.3) is 0 Å². The standard InChI is InChI=1S/C12H20N2O3S2/c1-4-5-6-14(8-12(13)15)19(16,17)11-7-9(2)18-10(11)3/h7H,4-6,8H2,1-3H3,(H2,13,15). The Morgan fingerprint density at radius 3 is 2.47 bits per heavy atom. The Hall–Kier alpha value is -0.920. The van der Waals surface area contributed by atoms with E-state index in [1.807, 2.05) is 13.8 Å². The van der Waals surface area contributed by atoms with E-state index in [1.54, 1.807) is 13.0 Å². The molecule has 5 nitrogen and oxygen atoms in total. The van der Waals surface area contributed by atoms with Crippen molar-refractivity contribution in [2.24, 2.45) is 5.73 Å². The summed E-state index contributed by atoms with van der Waals surface area (Å²) in [6.45, 7) is 5.65. The summed E-state index contributed by atoms with van der Waals surface area (Å²) >= 11 is 1.43. The molecule has 0 aromatic carbocycles. The van der Waals surface area contributed by atoms with Gasteiger partial charge in [-0.05, 0) is 26.3 Å². The molecule has 0 fully saturated rings. The lowest BCUT2D eigenvalue weighted by molar-refractivity contribution is -0.118. The summed E-state index contributed by atoms with van der Waals surface area (Å²) in [6.07, 6.45) is 1.56. The summed E-state index contributed by atoms with van der Waals surface area (Å²) in [5.74, 6) is -0.635. The van der Waals surface area contributed by atoms with Crippen molar-refractivity contribution in [1.29, 1.82) is 0 Å². The maximum absolute atomic E-state index is 12.5. The highest BCUT2D eigenvalue weighted by atomic mass is 32.2. The summed E-state index contributed by atoms with van der Waals surface area (Å²) in [5, 5.41) is 0. The first-order chi connectivity index (χ1) is 8.78. The molecule has 2 N–H and O–H groups in total. The third-order valence-corrected chi connectivity index (χ3v) is 5.77. The van der Waals surface area contributed by atoms with Crippen molar-refractivity contribution in [3.63, 3.8) is 0 Å². The van der Waals surface area contributed by atoms with Gasteiger partial charge in [-0.15, -0.1) is 11.3 Å². The number of thiophene rings is 1. The van der Waals surface area contributed by atoms with Crippen molar-refractivity contribution in [3.05, 3.63) is 15.8 Å². The Morgan fingerprint density at radius 1 is 1.42 bits per heavy atom. The molecule has 19 heavy (non-hydrogen) atoms. The lowest BCUT2D eigenvalue weighted by Crippen LogP contribution is -2.39. The molecule has 108 valence electrons. The number of aryl methyl sites for hydroxylation is 2. The SMILES string of the molecule is CCCCN(CC(N)=O)S(=O)(=O)c1cc(C)sc1C. The molecule has 0 saturated heterocycles. The normalized spacial score (nSPS) is 12.0. The quantitative estimate of drug-likeness (QED) is 0.831. The van der Waals surface area contributed by atoms with Crippen LogP contribution in [-0.4, -0.2) is 31.7 Å². The van der Waals surface area contributed by atoms with Crippen LogP contribution in [-0.2, 0) is 14.8 Å². The topological polar surface area (TPSA) is 80.5 Å². The van der Waals surface area contributed by atoms with Gasteiger partial charge in [0.1, 0.15) is 0 Å². The Kier molecular flexibility index (Phi) is 5.51. The molecule has 0 radical (unpaired) electrons. The van der Waals surface area contributed by atoms with Crippen LogP contribution in [0.3, 0.4) is 0 Å². The highest BCUT2D eigenvalue weighted by Crippen LogP contribution is 2.27. The van der Waals surface area contributed by atoms with Gasteiger partial charge in [-0.3, -0.25) is 4.79 Å². The monoisotopic (exact) mass is 304 g/mol. The zero-order valence-electron chi connectivity index (χ0n) is 11.5. The average molecular weight is 304 g/mol. The second-order valence-electron chi connectivity index (χ2n) is 4.44. The van der Waals surface area contributed by atoms with Crippen LogP contribution in [0, 0.1) is 13.8 Å². The fourth-order valence-corrected chi connectivity index (χ4v) is 4.76. The van der Waals surface area contributed by atoms with E-state index in [1.165, 1.54) is 15.6 Å². The van der Waals surface area contributed by atoms with E-state index in [0.717, 1.165) is 16.2 Å². The van der Waals surface area contributed by atoms with Gasteiger partial charge in [-0.2, -0.15) is 4.31 Å². The van der Waals surface area contributed by atoms with Crippen molar-refractivity contribution in [2.75, 3.05) is 13.1 Å². The van der Waals surface area contributed by atoms with E-state index >= 15 is 0 Å². The molecule has 0 aliphatic heterocycles. The molecule has 0 aliphatic rings. The summed E-state index contributed by atoms with van der Waals surface area (Å²) in [5.41, 5.74) is 5.14. The lowest BCUT2D eigenvalue weighted by atomic mass is 10.3. The zero-order valence-corrected chi connectivity index (χ0v) is 13.1. The van der Waals surface area contributed by atoms with E-state index in [9.17, 15) is 13.2 Å². The van der Waals surface area contributed by atoms with Crippen LogP contribution in [0.2, 0.25) is 0 Å². The Balaban J connectivity index is 3.11. The van der Waals surface area contributed by atoms with Crippen molar-refractivity contribution >= 4 is 27.3 Å². The molecule has 0 saturated carbocycles. The fraction of sp³-hybridized carbons (Fsp3) is 0.583. The van der Waals surface area contributed by atoms with Crippen LogP contribution < -0.4 is 5.73 Å². The lowest BCUT2D eigenvalue weighted by Gasteiger charge is -2.20. The first kappa shape index (κ1) is 16.1. The number of carbonyl (C=O) groups is 1. The van der Waals surface area contributed by atoms with Gasteiger partial charge in [0.2, 0.25) is 15.9 Å². The first-order valence-electron chi connectivity index (χ1n) is 6.14. The number of hydrogen-bond donors (Lipinski definition) is 1. The van der Waals surface area contributed by atoms with E-state index < -0.39 is 15.9 Å². The van der Waals surface area contributed by atoms with Gasteiger partial charge < -0.3 is 5.73 Å². The van der Waals surface area contributed by atoms with E-state index in [-0.39, 0.29) is 11.4 Å². The summed E-state index contributed by atoms with van der Waals surface area (Å²) < 4.78 is 26.2. The molecule has 0 unspecified atom stereocenters. The molecule has 0 atom stereocenters. The molecular formula is C12H20N2O3S2. The third kappa shape index (κ3) is 4.02. The summed E-state index contributed by atoms with van der Waals surface area (Å²) in [7, 11) is -3.64. The molecule has 1 amide bonds. The number of carbonyl (C=O) groups excluding carboxylic acids is 1. The number of sulfonamides is 1. The van der Waals surface area contributed by atoms with E-state index in [2.05, 4.69) is 0 Å². The molecule has 0 bridgehead atoms. The molecule has 1 heterocycles. The van der Waals surface area contributed by atoms with Gasteiger partial charge in [-0.25, -0.2) is 8.42 Å². The summed E-state index contributed by atoms with van der Waals surface area (Å²) in [6, 6.07) is 1.65. The van der Waals surface area contributed by atoms with Crippen LogP contribution >= 0.6 is 11.3 Å². The van der Waals surface area contributed by atoms with Gasteiger partial charge in [0.15, 0.2) is 0 Å². The second kappa shape index (κ2) is 6.49. The predicted octanol–water partition coefficient (Wildman–Crippen LogP) is 1.64. The van der Waals surface area contributed by atoms with Gasteiger partial charge in [0, 0.05) is 16.3 Å². The molecule has 1 aromatic heterocycles. The highest BCUT2D eigenvalue weighted by Gasteiger charge is 2.28. The molecule has 0 aliphatic carbocycles. The van der Waals surface area contributed by atoms with E-state index in [4.69, 9.17) is 5.73 Å². The van der Waals surface area contributed by atoms with Crippen molar-refractivity contribution in [2.45, 2.75) is 38.5 Å². The van der Waals surface area contributed by atoms with Crippen molar-refractivity contribution in [1.82, 2.24) is 4.31 Å². The van der Waals surface area contributed by atoms with E-state index in [0.29, 0.717) is 13.0 Å². The first-order valence-corrected chi connectivity index (χ1v) is 8.40. The fourth-order valence-electron chi connectivity index (χ4n) is 1.80. The number of nitrogens with two attached hydrogens (primary N) is 1. The number of amides is 1. The Bertz CT molecular complexity index is 549. The molecule has 7 heteroatoms. The maximum Gasteiger partial charge on any atom is 0.244 e. The van der Waals surface area contributed by atoms with Crippen molar-refractivity contribution < 1.29 is 13.2 Å². The number of nitrogens with zero attached hydrogens (tertiary/aromatic N) is 1. The maximum atomic E-state index is 12.5. The zero-order chi connectivity index (χ0) is 14.6. The Labute approximate surface area is 118 Å². The molecule has 1 aromatic rings. The minimum atomic E-state index is -3.64. The summed E-state index contributed by atoms with van der Waals surface area (Å²) in [4.78, 5) is 13.0. The van der Waals surface area contributed by atoms with Gasteiger partial charge in [-0.1, -0.05) is 13.3 Å².